The van der Waals surface area contributed by atoms with Gasteiger partial charge in [0.25, 0.3) is 0 Å². The van der Waals surface area contributed by atoms with Crippen LogP contribution in [0.15, 0.2) is 35.1 Å². The molecule has 0 aromatic heterocycles. The molecular weight excluding hydrogens is 210 g/mol. The molecule has 0 N–H and O–H groups in total. The second-order valence-electron chi connectivity index (χ2n) is 5.01. The second-order valence-corrected chi connectivity index (χ2v) is 5.01. The van der Waals surface area contributed by atoms with Crippen molar-refractivity contribution in [3.8, 4) is 11.1 Å². The van der Waals surface area contributed by atoms with E-state index in [0.29, 0.717) is 12.1 Å². The van der Waals surface area contributed by atoms with Crippen LogP contribution in [0.2, 0.25) is 0 Å². The van der Waals surface area contributed by atoms with Crippen molar-refractivity contribution in [3.05, 3.63) is 40.6 Å². The van der Waals surface area contributed by atoms with Crippen molar-refractivity contribution in [2.45, 2.75) is 39.8 Å². The van der Waals surface area contributed by atoms with Gasteiger partial charge in [0.2, 0.25) is 5.43 Å². The monoisotopic (exact) mass is 229 g/mol. The largest absolute Gasteiger partial charge is 0.363 e. The van der Waals surface area contributed by atoms with E-state index in [1.807, 2.05) is 30.3 Å². The van der Waals surface area contributed by atoms with E-state index in [-0.39, 0.29) is 5.43 Å². The summed E-state index contributed by atoms with van der Waals surface area (Å²) in [5.74, 6) is 0. The Morgan fingerprint density at radius 2 is 1.47 bits per heavy atom. The Kier molecular flexibility index (Phi) is 3.05. The molecule has 0 aliphatic rings. The van der Waals surface area contributed by atoms with Crippen LogP contribution in [0.5, 0.6) is 0 Å². The van der Waals surface area contributed by atoms with Crippen molar-refractivity contribution < 1.29 is 0 Å². The second kappa shape index (κ2) is 4.36. The summed E-state index contributed by atoms with van der Waals surface area (Å²) in [6.07, 6.45) is 0. The van der Waals surface area contributed by atoms with E-state index in [1.54, 1.807) is 0 Å². The fourth-order valence-corrected chi connectivity index (χ4v) is 2.39. The summed E-state index contributed by atoms with van der Waals surface area (Å²) in [5.41, 5.74) is 3.05. The summed E-state index contributed by atoms with van der Waals surface area (Å²) in [6.45, 7) is 8.50. The summed E-state index contributed by atoms with van der Waals surface area (Å²) in [4.78, 5) is 14.2. The van der Waals surface area contributed by atoms with Gasteiger partial charge in [0, 0.05) is 12.1 Å². The molecule has 0 saturated heterocycles. The summed E-state index contributed by atoms with van der Waals surface area (Å²) < 4.78 is 0. The summed E-state index contributed by atoms with van der Waals surface area (Å²) >= 11 is 0. The highest BCUT2D eigenvalue weighted by atomic mass is 16.1. The molecule has 2 rings (SSSR count). The van der Waals surface area contributed by atoms with Crippen LogP contribution >= 0.6 is 0 Å². The Hall–Kier alpha value is -1.57. The molecule has 0 atom stereocenters. The highest BCUT2D eigenvalue weighted by Crippen LogP contribution is 2.35. The first-order valence-corrected chi connectivity index (χ1v) is 6.16. The van der Waals surface area contributed by atoms with Crippen LogP contribution in [0.3, 0.4) is 0 Å². The molecular formula is C15H19NO. The Balaban J connectivity index is 2.34. The smallest absolute Gasteiger partial charge is 0.212 e. The van der Waals surface area contributed by atoms with Crippen LogP contribution in [-0.2, 0) is 0 Å². The number of anilines is 1. The fourth-order valence-electron chi connectivity index (χ4n) is 2.39. The highest BCUT2D eigenvalue weighted by molar-refractivity contribution is 5.90. The molecule has 0 fully saturated rings. The van der Waals surface area contributed by atoms with Crippen molar-refractivity contribution in [1.82, 2.24) is 0 Å². The Morgan fingerprint density at radius 1 is 0.941 bits per heavy atom. The van der Waals surface area contributed by atoms with E-state index >= 15 is 0 Å². The molecule has 2 aromatic carbocycles. The van der Waals surface area contributed by atoms with Gasteiger partial charge in [-0.25, -0.2) is 0 Å². The predicted molar refractivity (Wildman–Crippen MR) is 73.3 cm³/mol. The molecule has 0 radical (unpaired) electrons. The average molecular weight is 229 g/mol. The minimum absolute atomic E-state index is 0.207. The number of nitrogens with zero attached hydrogens (tertiary/aromatic N) is 1. The zero-order valence-electron chi connectivity index (χ0n) is 10.9. The number of benzene rings is 1. The Morgan fingerprint density at radius 3 is 1.94 bits per heavy atom. The lowest BCUT2D eigenvalue weighted by Gasteiger charge is -2.29. The van der Waals surface area contributed by atoms with Gasteiger partial charge in [-0.1, -0.05) is 30.3 Å². The molecule has 2 aromatic rings. The first kappa shape index (κ1) is 11.9. The van der Waals surface area contributed by atoms with Gasteiger partial charge in [0.1, 0.15) is 0 Å². The third-order valence-electron chi connectivity index (χ3n) is 3.05. The van der Waals surface area contributed by atoms with Crippen LogP contribution in [-0.4, -0.2) is 12.1 Å². The number of hydrogen-bond acceptors (Lipinski definition) is 2. The molecule has 90 valence electrons. The van der Waals surface area contributed by atoms with Crippen LogP contribution in [0.1, 0.15) is 27.7 Å². The molecule has 2 nitrogen and oxygen atoms in total. The first-order valence-electron chi connectivity index (χ1n) is 6.16. The van der Waals surface area contributed by atoms with Gasteiger partial charge in [0.15, 0.2) is 0 Å². The van der Waals surface area contributed by atoms with Crippen LogP contribution in [0, 0.1) is 0 Å². The minimum Gasteiger partial charge on any atom is -0.363 e. The van der Waals surface area contributed by atoms with Crippen molar-refractivity contribution in [3.63, 3.8) is 0 Å². The van der Waals surface area contributed by atoms with E-state index in [1.165, 1.54) is 0 Å². The molecule has 0 spiro atoms. The lowest BCUT2D eigenvalue weighted by Crippen LogP contribution is -2.36. The van der Waals surface area contributed by atoms with Crippen molar-refractivity contribution >= 4 is 5.69 Å². The van der Waals surface area contributed by atoms with Gasteiger partial charge in [-0.05, 0) is 33.3 Å². The molecule has 0 heterocycles. The number of hydrogen-bond donors (Lipinski definition) is 0. The zero-order valence-corrected chi connectivity index (χ0v) is 10.9. The zero-order chi connectivity index (χ0) is 12.6. The molecule has 2 heteroatoms. The summed E-state index contributed by atoms with van der Waals surface area (Å²) in [6, 6.07) is 10.6. The summed E-state index contributed by atoms with van der Waals surface area (Å²) in [5, 5.41) is 0. The minimum atomic E-state index is 0.207. The van der Waals surface area contributed by atoms with E-state index in [0.717, 1.165) is 16.8 Å². The van der Waals surface area contributed by atoms with Crippen LogP contribution in [0.25, 0.3) is 11.1 Å². The van der Waals surface area contributed by atoms with Crippen molar-refractivity contribution in [2.75, 3.05) is 4.90 Å². The Bertz CT molecular complexity index is 496. The van der Waals surface area contributed by atoms with Crippen molar-refractivity contribution in [2.24, 2.45) is 0 Å². The van der Waals surface area contributed by atoms with E-state index in [2.05, 4.69) is 32.6 Å². The third kappa shape index (κ3) is 2.12. The molecule has 0 unspecified atom stereocenters. The maximum absolute atomic E-state index is 12.0. The summed E-state index contributed by atoms with van der Waals surface area (Å²) in [7, 11) is 0. The van der Waals surface area contributed by atoms with Crippen molar-refractivity contribution in [1.29, 1.82) is 0 Å². The average Bonchev–Trinajstić information content (AvgIpc) is 2.90. The molecule has 0 bridgehead atoms. The van der Waals surface area contributed by atoms with Gasteiger partial charge in [-0.2, -0.15) is 0 Å². The lowest BCUT2D eigenvalue weighted by molar-refractivity contribution is 0.612. The van der Waals surface area contributed by atoms with Gasteiger partial charge in [-0.3, -0.25) is 4.79 Å². The normalized spacial score (nSPS) is 11.6. The highest BCUT2D eigenvalue weighted by Gasteiger charge is 2.31. The molecule has 0 aliphatic heterocycles. The van der Waals surface area contributed by atoms with E-state index in [9.17, 15) is 4.79 Å². The van der Waals surface area contributed by atoms with Gasteiger partial charge < -0.3 is 4.90 Å². The van der Waals surface area contributed by atoms with Crippen LogP contribution in [0.4, 0.5) is 5.69 Å². The topological polar surface area (TPSA) is 20.3 Å². The Labute approximate surface area is 103 Å². The van der Waals surface area contributed by atoms with Gasteiger partial charge >= 0.3 is 0 Å². The molecule has 0 saturated carbocycles. The quantitative estimate of drug-likeness (QED) is 0.802. The predicted octanol–water partition coefficient (Wildman–Crippen LogP) is 3.21. The number of rotatable bonds is 4. The maximum Gasteiger partial charge on any atom is 0.212 e. The molecule has 0 aliphatic carbocycles. The lowest BCUT2D eigenvalue weighted by atomic mass is 10.2. The first-order chi connectivity index (χ1) is 8.04. The fraction of sp³-hybridized carbons (Fsp3) is 0.400. The van der Waals surface area contributed by atoms with E-state index in [4.69, 9.17) is 0 Å². The standard InChI is InChI=1S/C15H19NO/c1-10(2)16(11(3)4)14-13(15(14)17)12-8-6-5-7-9-12/h5-11H,1-4H3. The molecule has 17 heavy (non-hydrogen) atoms. The molecule has 0 amide bonds. The van der Waals surface area contributed by atoms with E-state index < -0.39 is 0 Å². The van der Waals surface area contributed by atoms with Crippen LogP contribution < -0.4 is 10.3 Å². The van der Waals surface area contributed by atoms with Gasteiger partial charge in [0.05, 0.1) is 11.3 Å². The third-order valence-corrected chi connectivity index (χ3v) is 3.05. The van der Waals surface area contributed by atoms with Gasteiger partial charge in [-0.15, -0.1) is 0 Å². The SMILES string of the molecule is CC(C)N(c1c(-c2ccccc2)c1=O)C(C)C. The maximum atomic E-state index is 12.0.